The zero-order chi connectivity index (χ0) is 17.9. The molecule has 1 aliphatic rings. The van der Waals surface area contributed by atoms with Crippen molar-refractivity contribution in [3.05, 3.63) is 34.3 Å². The minimum atomic E-state index is -4.47. The van der Waals surface area contributed by atoms with Gasteiger partial charge in [-0.05, 0) is 37.0 Å². The fourth-order valence-electron chi connectivity index (χ4n) is 2.91. The Morgan fingerprint density at radius 3 is 2.46 bits per heavy atom. The van der Waals surface area contributed by atoms with E-state index < -0.39 is 17.6 Å². The number of nitrogens with one attached hydrogen (secondary N) is 1. The summed E-state index contributed by atoms with van der Waals surface area (Å²) >= 11 is 5.86. The first-order chi connectivity index (χ1) is 11.2. The molecule has 0 bridgehead atoms. The van der Waals surface area contributed by atoms with Crippen LogP contribution < -0.4 is 5.32 Å². The van der Waals surface area contributed by atoms with Crippen LogP contribution >= 0.6 is 11.6 Å². The van der Waals surface area contributed by atoms with Gasteiger partial charge in [0, 0.05) is 25.7 Å². The van der Waals surface area contributed by atoms with Crippen LogP contribution in [-0.4, -0.2) is 36.5 Å². The van der Waals surface area contributed by atoms with E-state index in [1.54, 1.807) is 0 Å². The number of hydrogen-bond donors (Lipinski definition) is 1. The van der Waals surface area contributed by atoms with E-state index in [4.69, 9.17) is 11.6 Å². The SMILES string of the molecule is CC(C)CN1CCC(NC(=O)c2ccc(C(F)(F)F)cc2Cl)CC1. The van der Waals surface area contributed by atoms with Gasteiger partial charge >= 0.3 is 6.18 Å². The van der Waals surface area contributed by atoms with Gasteiger partial charge in [0.05, 0.1) is 16.1 Å². The van der Waals surface area contributed by atoms with Crippen LogP contribution in [0.3, 0.4) is 0 Å². The second-order valence-corrected chi connectivity index (χ2v) is 7.04. The summed E-state index contributed by atoms with van der Waals surface area (Å²) in [5.74, 6) is 0.179. The van der Waals surface area contributed by atoms with E-state index in [0.29, 0.717) is 5.92 Å². The predicted octanol–water partition coefficient (Wildman–Crippen LogP) is 4.21. The first-order valence-electron chi connectivity index (χ1n) is 8.06. The van der Waals surface area contributed by atoms with E-state index in [1.165, 1.54) is 0 Å². The highest BCUT2D eigenvalue weighted by Gasteiger charge is 2.31. The van der Waals surface area contributed by atoms with Gasteiger partial charge in [-0.3, -0.25) is 4.79 Å². The Morgan fingerprint density at radius 2 is 1.96 bits per heavy atom. The molecule has 1 saturated heterocycles. The van der Waals surface area contributed by atoms with Crippen molar-refractivity contribution < 1.29 is 18.0 Å². The summed E-state index contributed by atoms with van der Waals surface area (Å²) in [5.41, 5.74) is -0.777. The molecule has 1 aliphatic heterocycles. The highest BCUT2D eigenvalue weighted by molar-refractivity contribution is 6.33. The maximum atomic E-state index is 12.6. The molecule has 7 heteroatoms. The summed E-state index contributed by atoms with van der Waals surface area (Å²) in [5, 5.41) is 2.70. The van der Waals surface area contributed by atoms with Gasteiger partial charge in [-0.2, -0.15) is 13.2 Å². The number of alkyl halides is 3. The molecule has 1 aromatic carbocycles. The first-order valence-corrected chi connectivity index (χ1v) is 8.44. The minimum absolute atomic E-state index is 0.0271. The van der Waals surface area contributed by atoms with E-state index >= 15 is 0 Å². The van der Waals surface area contributed by atoms with Crippen LogP contribution in [0.15, 0.2) is 18.2 Å². The molecule has 0 radical (unpaired) electrons. The van der Waals surface area contributed by atoms with Crippen molar-refractivity contribution in [2.45, 2.75) is 38.9 Å². The van der Waals surface area contributed by atoms with Gasteiger partial charge in [-0.25, -0.2) is 0 Å². The molecule has 1 aromatic rings. The van der Waals surface area contributed by atoms with Crippen molar-refractivity contribution in [1.82, 2.24) is 10.2 Å². The van der Waals surface area contributed by atoms with Gasteiger partial charge < -0.3 is 10.2 Å². The molecule has 0 aromatic heterocycles. The summed E-state index contributed by atoms with van der Waals surface area (Å²) in [6, 6.07) is 2.83. The highest BCUT2D eigenvalue weighted by atomic mass is 35.5. The summed E-state index contributed by atoms with van der Waals surface area (Å²) in [4.78, 5) is 14.6. The molecule has 1 heterocycles. The molecule has 1 fully saturated rings. The van der Waals surface area contributed by atoms with Gasteiger partial charge in [-0.15, -0.1) is 0 Å². The van der Waals surface area contributed by atoms with Crippen molar-refractivity contribution in [3.63, 3.8) is 0 Å². The van der Waals surface area contributed by atoms with Crippen LogP contribution in [0.4, 0.5) is 13.2 Å². The number of amides is 1. The average molecular weight is 363 g/mol. The number of carbonyl (C=O) groups is 1. The van der Waals surface area contributed by atoms with Crippen LogP contribution in [-0.2, 0) is 6.18 Å². The fourth-order valence-corrected chi connectivity index (χ4v) is 3.18. The van der Waals surface area contributed by atoms with Crippen molar-refractivity contribution in [1.29, 1.82) is 0 Å². The molecule has 3 nitrogen and oxygen atoms in total. The van der Waals surface area contributed by atoms with Crippen LogP contribution in [0.2, 0.25) is 5.02 Å². The van der Waals surface area contributed by atoms with Crippen molar-refractivity contribution >= 4 is 17.5 Å². The number of nitrogens with zero attached hydrogens (tertiary/aromatic N) is 1. The Kier molecular flexibility index (Phi) is 6.15. The van der Waals surface area contributed by atoms with Crippen molar-refractivity contribution in [3.8, 4) is 0 Å². The van der Waals surface area contributed by atoms with Crippen molar-refractivity contribution in [2.24, 2.45) is 5.92 Å². The van der Waals surface area contributed by atoms with Crippen LogP contribution in [0.1, 0.15) is 42.6 Å². The molecule has 0 atom stereocenters. The average Bonchev–Trinajstić information content (AvgIpc) is 2.47. The molecule has 0 spiro atoms. The number of piperidine rings is 1. The lowest BCUT2D eigenvalue weighted by atomic mass is 10.0. The lowest BCUT2D eigenvalue weighted by molar-refractivity contribution is -0.137. The van der Waals surface area contributed by atoms with Gasteiger partial charge in [0.25, 0.3) is 5.91 Å². The maximum Gasteiger partial charge on any atom is 0.416 e. The number of rotatable bonds is 4. The monoisotopic (exact) mass is 362 g/mol. The third kappa shape index (κ3) is 5.11. The Hall–Kier alpha value is -1.27. The van der Waals surface area contributed by atoms with E-state index in [1.807, 2.05) is 0 Å². The second kappa shape index (κ2) is 7.74. The number of carbonyl (C=O) groups excluding carboxylic acids is 1. The van der Waals surface area contributed by atoms with E-state index in [0.717, 1.165) is 50.7 Å². The van der Waals surface area contributed by atoms with Gasteiger partial charge in [0.2, 0.25) is 0 Å². The normalized spacial score (nSPS) is 17.3. The predicted molar refractivity (Wildman–Crippen MR) is 88.2 cm³/mol. The Labute approximate surface area is 145 Å². The smallest absolute Gasteiger partial charge is 0.349 e. The van der Waals surface area contributed by atoms with E-state index in [2.05, 4.69) is 24.1 Å². The topological polar surface area (TPSA) is 32.3 Å². The summed E-state index contributed by atoms with van der Waals surface area (Å²) in [6.45, 7) is 7.18. The van der Waals surface area contributed by atoms with Crippen LogP contribution in [0.5, 0.6) is 0 Å². The van der Waals surface area contributed by atoms with Gasteiger partial charge in [0.15, 0.2) is 0 Å². The molecule has 0 aliphatic carbocycles. The van der Waals surface area contributed by atoms with Gasteiger partial charge in [0.1, 0.15) is 0 Å². The molecule has 24 heavy (non-hydrogen) atoms. The third-order valence-electron chi connectivity index (χ3n) is 4.09. The molecule has 2 rings (SSSR count). The zero-order valence-electron chi connectivity index (χ0n) is 13.8. The number of hydrogen-bond acceptors (Lipinski definition) is 2. The lowest BCUT2D eigenvalue weighted by Gasteiger charge is -2.33. The van der Waals surface area contributed by atoms with E-state index in [-0.39, 0.29) is 16.6 Å². The lowest BCUT2D eigenvalue weighted by Crippen LogP contribution is -2.45. The van der Waals surface area contributed by atoms with Crippen molar-refractivity contribution in [2.75, 3.05) is 19.6 Å². The van der Waals surface area contributed by atoms with E-state index in [9.17, 15) is 18.0 Å². The Bertz CT molecular complexity index is 582. The molecule has 1 N–H and O–H groups in total. The first kappa shape index (κ1) is 19.1. The number of likely N-dealkylation sites (tertiary alicyclic amines) is 1. The Balaban J connectivity index is 1.94. The summed E-state index contributed by atoms with van der Waals surface area (Å²) in [7, 11) is 0. The summed E-state index contributed by atoms with van der Waals surface area (Å²) < 4.78 is 37.9. The minimum Gasteiger partial charge on any atom is -0.349 e. The summed E-state index contributed by atoms with van der Waals surface area (Å²) in [6.07, 6.45) is -2.81. The zero-order valence-corrected chi connectivity index (χ0v) is 14.5. The second-order valence-electron chi connectivity index (χ2n) is 6.63. The number of benzene rings is 1. The highest BCUT2D eigenvalue weighted by Crippen LogP contribution is 2.32. The number of halogens is 4. The molecule has 134 valence electrons. The quantitative estimate of drug-likeness (QED) is 0.870. The maximum absolute atomic E-state index is 12.6. The molecule has 0 unspecified atom stereocenters. The van der Waals surface area contributed by atoms with Crippen LogP contribution in [0.25, 0.3) is 0 Å². The molecule has 1 amide bonds. The molecule has 0 saturated carbocycles. The Morgan fingerprint density at radius 1 is 1.33 bits per heavy atom. The van der Waals surface area contributed by atoms with Gasteiger partial charge in [-0.1, -0.05) is 25.4 Å². The standard InChI is InChI=1S/C17H22ClF3N2O/c1-11(2)10-23-7-5-13(6-8-23)22-16(24)14-4-3-12(9-15(14)18)17(19,20)21/h3-4,9,11,13H,5-8,10H2,1-2H3,(H,22,24). The molecular weight excluding hydrogens is 341 g/mol. The largest absolute Gasteiger partial charge is 0.416 e. The third-order valence-corrected chi connectivity index (χ3v) is 4.40. The van der Waals surface area contributed by atoms with Crippen LogP contribution in [0, 0.1) is 5.92 Å². The fraction of sp³-hybridized carbons (Fsp3) is 0.588. The molecular formula is C17H22ClF3N2O.